The molecule has 21 heavy (non-hydrogen) atoms. The molecule has 0 radical (unpaired) electrons. The minimum atomic E-state index is -0.803. The lowest BCUT2D eigenvalue weighted by Gasteiger charge is -2.24. The van der Waals surface area contributed by atoms with Crippen LogP contribution in [0.5, 0.6) is 0 Å². The van der Waals surface area contributed by atoms with Crippen molar-refractivity contribution in [3.63, 3.8) is 0 Å². The summed E-state index contributed by atoms with van der Waals surface area (Å²) in [6.45, 7) is 4.15. The third-order valence-corrected chi connectivity index (χ3v) is 5.32. The van der Waals surface area contributed by atoms with E-state index in [1.165, 1.54) is 4.88 Å². The van der Waals surface area contributed by atoms with E-state index in [1.807, 2.05) is 26.0 Å². The smallest absolute Gasteiger partial charge is 0.315 e. The molecular weight excluding hydrogens is 288 g/mol. The van der Waals surface area contributed by atoms with Gasteiger partial charge in [0.2, 0.25) is 0 Å². The van der Waals surface area contributed by atoms with Gasteiger partial charge in [-0.15, -0.1) is 11.3 Å². The predicted molar refractivity (Wildman–Crippen MR) is 82.5 cm³/mol. The third kappa shape index (κ3) is 3.75. The molecule has 1 atom stereocenters. The van der Waals surface area contributed by atoms with Gasteiger partial charge in [-0.1, -0.05) is 12.8 Å². The van der Waals surface area contributed by atoms with Gasteiger partial charge in [-0.25, -0.2) is 4.79 Å². The Morgan fingerprint density at radius 3 is 2.57 bits per heavy atom. The highest BCUT2D eigenvalue weighted by Gasteiger charge is 2.41. The maximum Gasteiger partial charge on any atom is 0.315 e. The standard InChI is InChI=1S/C15H22N2O3S/c1-10-5-6-12(21-10)11(2)17-14(20)16-9-15(13(18)19)7-3-4-8-15/h5-6,11H,3-4,7-9H2,1-2H3,(H,18,19)(H2,16,17,20). The van der Waals surface area contributed by atoms with Crippen LogP contribution in [0.2, 0.25) is 0 Å². The summed E-state index contributed by atoms with van der Waals surface area (Å²) < 4.78 is 0. The number of urea groups is 1. The fourth-order valence-corrected chi connectivity index (χ4v) is 3.65. The first kappa shape index (κ1) is 15.8. The SMILES string of the molecule is Cc1ccc(C(C)NC(=O)NCC2(C(=O)O)CCCC2)s1. The van der Waals surface area contributed by atoms with Gasteiger partial charge in [-0.3, -0.25) is 4.79 Å². The Morgan fingerprint density at radius 2 is 2.05 bits per heavy atom. The van der Waals surface area contributed by atoms with E-state index in [4.69, 9.17) is 0 Å². The summed E-state index contributed by atoms with van der Waals surface area (Å²) in [7, 11) is 0. The van der Waals surface area contributed by atoms with Crippen LogP contribution in [-0.2, 0) is 4.79 Å². The van der Waals surface area contributed by atoms with Crippen LogP contribution in [0.25, 0.3) is 0 Å². The number of thiophene rings is 1. The summed E-state index contributed by atoms with van der Waals surface area (Å²) >= 11 is 1.65. The van der Waals surface area contributed by atoms with Crippen molar-refractivity contribution in [2.75, 3.05) is 6.54 Å². The minimum absolute atomic E-state index is 0.0759. The van der Waals surface area contributed by atoms with Gasteiger partial charge >= 0.3 is 12.0 Å². The number of aliphatic carboxylic acids is 1. The number of hydrogen-bond donors (Lipinski definition) is 3. The maximum atomic E-state index is 11.9. The highest BCUT2D eigenvalue weighted by atomic mass is 32.1. The number of aryl methyl sites for hydroxylation is 1. The lowest BCUT2D eigenvalue weighted by atomic mass is 9.86. The Kier molecular flexibility index (Phi) is 4.88. The van der Waals surface area contributed by atoms with Crippen LogP contribution in [0.4, 0.5) is 4.79 Å². The zero-order chi connectivity index (χ0) is 15.5. The number of hydrogen-bond acceptors (Lipinski definition) is 3. The molecule has 5 nitrogen and oxygen atoms in total. The molecule has 1 heterocycles. The number of nitrogens with one attached hydrogen (secondary N) is 2. The molecule has 0 saturated heterocycles. The van der Waals surface area contributed by atoms with E-state index in [0.717, 1.165) is 17.7 Å². The van der Waals surface area contributed by atoms with Crippen LogP contribution < -0.4 is 10.6 Å². The highest BCUT2D eigenvalue weighted by Crippen LogP contribution is 2.37. The van der Waals surface area contributed by atoms with E-state index >= 15 is 0 Å². The molecule has 0 bridgehead atoms. The van der Waals surface area contributed by atoms with Crippen molar-refractivity contribution in [1.82, 2.24) is 10.6 Å². The number of carboxylic acid groups (broad SMARTS) is 1. The van der Waals surface area contributed by atoms with Crippen molar-refractivity contribution in [3.8, 4) is 0 Å². The molecule has 116 valence electrons. The lowest BCUT2D eigenvalue weighted by molar-refractivity contribution is -0.148. The van der Waals surface area contributed by atoms with E-state index in [9.17, 15) is 14.7 Å². The fraction of sp³-hybridized carbons (Fsp3) is 0.600. The van der Waals surface area contributed by atoms with Crippen molar-refractivity contribution in [1.29, 1.82) is 0 Å². The molecule has 3 N–H and O–H groups in total. The quantitative estimate of drug-likeness (QED) is 0.782. The summed E-state index contributed by atoms with van der Waals surface area (Å²) in [5, 5.41) is 15.0. The summed E-state index contributed by atoms with van der Waals surface area (Å²) in [6.07, 6.45) is 3.12. The highest BCUT2D eigenvalue weighted by molar-refractivity contribution is 7.12. The first-order chi connectivity index (χ1) is 9.93. The van der Waals surface area contributed by atoms with E-state index in [2.05, 4.69) is 10.6 Å². The Labute approximate surface area is 128 Å². The topological polar surface area (TPSA) is 78.4 Å². The van der Waals surface area contributed by atoms with Gasteiger partial charge in [0.25, 0.3) is 0 Å². The van der Waals surface area contributed by atoms with Crippen LogP contribution >= 0.6 is 11.3 Å². The van der Waals surface area contributed by atoms with Gasteiger partial charge in [0.05, 0.1) is 11.5 Å². The van der Waals surface area contributed by atoms with Crippen LogP contribution in [-0.4, -0.2) is 23.7 Å². The van der Waals surface area contributed by atoms with Gasteiger partial charge in [0.15, 0.2) is 0 Å². The van der Waals surface area contributed by atoms with Gasteiger partial charge in [0.1, 0.15) is 0 Å². The number of carbonyl (C=O) groups excluding carboxylic acids is 1. The minimum Gasteiger partial charge on any atom is -0.481 e. The van der Waals surface area contributed by atoms with Crippen molar-refractivity contribution >= 4 is 23.3 Å². The van der Waals surface area contributed by atoms with E-state index < -0.39 is 11.4 Å². The molecule has 0 spiro atoms. The van der Waals surface area contributed by atoms with Crippen molar-refractivity contribution in [3.05, 3.63) is 21.9 Å². The Balaban J connectivity index is 1.85. The first-order valence-corrected chi connectivity index (χ1v) is 8.09. The van der Waals surface area contributed by atoms with Gasteiger partial charge < -0.3 is 15.7 Å². The average molecular weight is 310 g/mol. The monoisotopic (exact) mass is 310 g/mol. The molecule has 2 rings (SSSR count). The Bertz CT molecular complexity index is 521. The van der Waals surface area contributed by atoms with Crippen molar-refractivity contribution in [2.24, 2.45) is 5.41 Å². The van der Waals surface area contributed by atoms with E-state index in [1.54, 1.807) is 11.3 Å². The molecule has 1 aromatic rings. The Hall–Kier alpha value is -1.56. The molecule has 1 aromatic heterocycles. The molecule has 1 saturated carbocycles. The lowest BCUT2D eigenvalue weighted by Crippen LogP contribution is -2.45. The summed E-state index contributed by atoms with van der Waals surface area (Å²) in [6, 6.07) is 3.64. The molecule has 0 aromatic carbocycles. The second-order valence-corrected chi connectivity index (χ2v) is 7.11. The predicted octanol–water partition coefficient (Wildman–Crippen LogP) is 3.06. The number of carboxylic acids is 1. The summed E-state index contributed by atoms with van der Waals surface area (Å²) in [5.74, 6) is -0.803. The maximum absolute atomic E-state index is 11.9. The number of rotatable bonds is 5. The zero-order valence-corrected chi connectivity index (χ0v) is 13.3. The second kappa shape index (κ2) is 6.47. The van der Waals surface area contributed by atoms with Crippen molar-refractivity contribution in [2.45, 2.75) is 45.6 Å². The van der Waals surface area contributed by atoms with E-state index in [-0.39, 0.29) is 18.6 Å². The second-order valence-electron chi connectivity index (χ2n) is 5.79. The van der Waals surface area contributed by atoms with Crippen LogP contribution in [0, 0.1) is 12.3 Å². The number of amides is 2. The van der Waals surface area contributed by atoms with Gasteiger partial charge in [0, 0.05) is 16.3 Å². The third-order valence-electron chi connectivity index (χ3n) is 4.14. The number of carbonyl (C=O) groups is 2. The van der Waals surface area contributed by atoms with Gasteiger partial charge in [-0.2, -0.15) is 0 Å². The molecule has 1 fully saturated rings. The van der Waals surface area contributed by atoms with Crippen LogP contribution in [0.3, 0.4) is 0 Å². The molecule has 6 heteroatoms. The van der Waals surface area contributed by atoms with Crippen LogP contribution in [0.15, 0.2) is 12.1 Å². The summed E-state index contributed by atoms with van der Waals surface area (Å²) in [5.41, 5.74) is -0.778. The first-order valence-electron chi connectivity index (χ1n) is 7.27. The Morgan fingerprint density at radius 1 is 1.38 bits per heavy atom. The molecule has 2 amide bonds. The van der Waals surface area contributed by atoms with E-state index in [0.29, 0.717) is 12.8 Å². The fourth-order valence-electron chi connectivity index (χ4n) is 2.77. The van der Waals surface area contributed by atoms with Crippen LogP contribution in [0.1, 0.15) is 48.4 Å². The van der Waals surface area contributed by atoms with Crippen molar-refractivity contribution < 1.29 is 14.7 Å². The molecule has 1 aliphatic rings. The molecule has 1 unspecified atom stereocenters. The zero-order valence-electron chi connectivity index (χ0n) is 12.4. The summed E-state index contributed by atoms with van der Waals surface area (Å²) in [4.78, 5) is 25.7. The average Bonchev–Trinajstić information content (AvgIpc) is 3.06. The largest absolute Gasteiger partial charge is 0.481 e. The normalized spacial score (nSPS) is 18.2. The molecule has 0 aliphatic heterocycles. The molecule has 1 aliphatic carbocycles. The van der Waals surface area contributed by atoms with Gasteiger partial charge in [-0.05, 0) is 38.8 Å². The molecular formula is C15H22N2O3S.